The summed E-state index contributed by atoms with van der Waals surface area (Å²) in [5.74, 6) is -0.703. The number of amides is 2. The van der Waals surface area contributed by atoms with Crippen molar-refractivity contribution in [3.8, 4) is 0 Å². The van der Waals surface area contributed by atoms with Crippen LogP contribution in [0, 0.1) is 5.92 Å². The lowest BCUT2D eigenvalue weighted by atomic mass is 10.1. The Morgan fingerprint density at radius 3 is 2.03 bits per heavy atom. The first-order valence-corrected chi connectivity index (χ1v) is 14.5. The summed E-state index contributed by atoms with van der Waals surface area (Å²) in [7, 11) is -3.89. The average molecular weight is 597 g/mol. The van der Waals surface area contributed by atoms with Gasteiger partial charge in [-0.05, 0) is 48.2 Å². The molecule has 0 saturated heterocycles. The molecule has 2 aromatic carbocycles. The smallest absolute Gasteiger partial charge is 0.244 e. The largest absolute Gasteiger partial charge is 0.354 e. The van der Waals surface area contributed by atoms with Gasteiger partial charge in [0.05, 0.1) is 32.0 Å². The van der Waals surface area contributed by atoms with Crippen LogP contribution >= 0.6 is 46.4 Å². The van der Waals surface area contributed by atoms with Gasteiger partial charge in [0.2, 0.25) is 21.8 Å². The number of carbonyl (C=O) groups excluding carboxylic acids is 2. The van der Waals surface area contributed by atoms with E-state index in [2.05, 4.69) is 5.32 Å². The molecule has 12 heteroatoms. The van der Waals surface area contributed by atoms with Gasteiger partial charge in [-0.2, -0.15) is 0 Å². The van der Waals surface area contributed by atoms with E-state index in [1.165, 1.54) is 23.1 Å². The maximum absolute atomic E-state index is 13.6. The molecule has 0 aromatic heterocycles. The van der Waals surface area contributed by atoms with E-state index in [1.54, 1.807) is 25.1 Å². The van der Waals surface area contributed by atoms with Gasteiger partial charge >= 0.3 is 0 Å². The van der Waals surface area contributed by atoms with E-state index in [0.29, 0.717) is 28.6 Å². The van der Waals surface area contributed by atoms with Gasteiger partial charge < -0.3 is 10.2 Å². The van der Waals surface area contributed by atoms with Gasteiger partial charge in [0.25, 0.3) is 0 Å². The highest BCUT2D eigenvalue weighted by Crippen LogP contribution is 2.29. The summed E-state index contributed by atoms with van der Waals surface area (Å²) >= 11 is 24.3. The van der Waals surface area contributed by atoms with Crippen molar-refractivity contribution in [1.82, 2.24) is 10.2 Å². The molecule has 2 amide bonds. The molecule has 36 heavy (non-hydrogen) atoms. The molecule has 1 atom stereocenters. The molecule has 2 aromatic rings. The molecular formula is C24H29Cl4N3O4S. The van der Waals surface area contributed by atoms with E-state index in [0.717, 1.165) is 10.6 Å². The van der Waals surface area contributed by atoms with Crippen LogP contribution in [0.3, 0.4) is 0 Å². The van der Waals surface area contributed by atoms with Crippen LogP contribution in [-0.2, 0) is 26.2 Å². The summed E-state index contributed by atoms with van der Waals surface area (Å²) < 4.78 is 26.2. The molecule has 7 nitrogen and oxygen atoms in total. The molecule has 0 radical (unpaired) electrons. The molecule has 0 fully saturated rings. The number of nitrogens with zero attached hydrogens (tertiary/aromatic N) is 2. The summed E-state index contributed by atoms with van der Waals surface area (Å²) in [6, 6.07) is 8.33. The van der Waals surface area contributed by atoms with Crippen LogP contribution in [0.4, 0.5) is 5.69 Å². The highest BCUT2D eigenvalue weighted by Gasteiger charge is 2.32. The Morgan fingerprint density at radius 2 is 1.53 bits per heavy atom. The lowest BCUT2D eigenvalue weighted by Crippen LogP contribution is -2.52. The number of nitrogens with one attached hydrogen (secondary N) is 1. The van der Waals surface area contributed by atoms with Gasteiger partial charge in [0.15, 0.2) is 0 Å². The van der Waals surface area contributed by atoms with Gasteiger partial charge in [0, 0.05) is 13.1 Å². The van der Waals surface area contributed by atoms with E-state index < -0.39 is 28.5 Å². The molecule has 1 unspecified atom stereocenters. The standard InChI is InChI=1S/C24H29Cl4N3O4S/c1-5-22(24(33)29-12-15(2)3)30(13-16-6-8-18(25)20(27)10-16)23(32)14-31(36(4,34)35)17-7-9-19(26)21(28)11-17/h6-11,15,22H,5,12-14H2,1-4H3,(H,29,33). The van der Waals surface area contributed by atoms with Crippen molar-refractivity contribution in [2.75, 3.05) is 23.7 Å². The second-order valence-electron chi connectivity index (χ2n) is 8.70. The fourth-order valence-electron chi connectivity index (χ4n) is 3.43. The minimum Gasteiger partial charge on any atom is -0.354 e. The third-order valence-corrected chi connectivity index (χ3v) is 7.90. The lowest BCUT2D eigenvalue weighted by Gasteiger charge is -2.33. The summed E-state index contributed by atoms with van der Waals surface area (Å²) in [6.45, 7) is 5.60. The fraction of sp³-hybridized carbons (Fsp3) is 0.417. The van der Waals surface area contributed by atoms with Crippen LogP contribution in [0.5, 0.6) is 0 Å². The zero-order valence-corrected chi connectivity index (χ0v) is 24.2. The van der Waals surface area contributed by atoms with E-state index >= 15 is 0 Å². The SMILES string of the molecule is CCC(C(=O)NCC(C)C)N(Cc1ccc(Cl)c(Cl)c1)C(=O)CN(c1ccc(Cl)c(Cl)c1)S(C)(=O)=O. The second kappa shape index (κ2) is 13.2. The molecule has 0 bridgehead atoms. The quantitative estimate of drug-likeness (QED) is 0.363. The predicted molar refractivity (Wildman–Crippen MR) is 148 cm³/mol. The molecule has 0 aliphatic carbocycles. The van der Waals surface area contributed by atoms with Crippen molar-refractivity contribution in [2.45, 2.75) is 39.8 Å². The van der Waals surface area contributed by atoms with Crippen LogP contribution < -0.4 is 9.62 Å². The molecule has 0 saturated carbocycles. The zero-order valence-electron chi connectivity index (χ0n) is 20.4. The predicted octanol–water partition coefficient (Wildman–Crippen LogP) is 5.65. The van der Waals surface area contributed by atoms with Crippen molar-refractivity contribution in [1.29, 1.82) is 0 Å². The highest BCUT2D eigenvalue weighted by molar-refractivity contribution is 7.92. The van der Waals surface area contributed by atoms with Crippen molar-refractivity contribution in [2.24, 2.45) is 5.92 Å². The maximum Gasteiger partial charge on any atom is 0.244 e. The molecule has 0 aliphatic heterocycles. The van der Waals surface area contributed by atoms with Gasteiger partial charge in [-0.25, -0.2) is 8.42 Å². The Bertz CT molecular complexity index is 1210. The van der Waals surface area contributed by atoms with Crippen molar-refractivity contribution < 1.29 is 18.0 Å². The molecule has 0 heterocycles. The summed E-state index contributed by atoms with van der Waals surface area (Å²) in [6.07, 6.45) is 1.29. The van der Waals surface area contributed by atoms with Crippen LogP contribution in [0.1, 0.15) is 32.8 Å². The molecule has 198 valence electrons. The van der Waals surface area contributed by atoms with Gasteiger partial charge in [-0.3, -0.25) is 13.9 Å². The topological polar surface area (TPSA) is 86.8 Å². The van der Waals surface area contributed by atoms with Crippen LogP contribution in [0.2, 0.25) is 20.1 Å². The first kappa shape index (κ1) is 30.5. The summed E-state index contributed by atoms with van der Waals surface area (Å²) in [5, 5.41) is 3.89. The number of halogens is 4. The van der Waals surface area contributed by atoms with Gasteiger partial charge in [-0.15, -0.1) is 0 Å². The van der Waals surface area contributed by atoms with Crippen molar-refractivity contribution >= 4 is 73.9 Å². The maximum atomic E-state index is 13.6. The lowest BCUT2D eigenvalue weighted by molar-refractivity contribution is -0.140. The molecule has 0 aliphatic rings. The summed E-state index contributed by atoms with van der Waals surface area (Å²) in [5.41, 5.74) is 0.806. The molecule has 2 rings (SSSR count). The number of carbonyl (C=O) groups is 2. The van der Waals surface area contributed by atoms with Crippen LogP contribution in [0.25, 0.3) is 0 Å². The number of anilines is 1. The van der Waals surface area contributed by atoms with E-state index in [-0.39, 0.29) is 34.1 Å². The number of hydrogen-bond donors (Lipinski definition) is 1. The van der Waals surface area contributed by atoms with Gasteiger partial charge in [0.1, 0.15) is 12.6 Å². The fourth-order valence-corrected chi connectivity index (χ4v) is 4.89. The summed E-state index contributed by atoms with van der Waals surface area (Å²) in [4.78, 5) is 28.1. The highest BCUT2D eigenvalue weighted by atomic mass is 35.5. The Balaban J connectivity index is 2.46. The number of benzene rings is 2. The van der Waals surface area contributed by atoms with E-state index in [4.69, 9.17) is 46.4 Å². The van der Waals surface area contributed by atoms with Crippen molar-refractivity contribution in [3.63, 3.8) is 0 Å². The minimum absolute atomic E-state index is 0.0162. The molecular weight excluding hydrogens is 568 g/mol. The minimum atomic E-state index is -3.89. The third-order valence-electron chi connectivity index (χ3n) is 5.28. The Labute approximate surface area is 232 Å². The molecule has 1 N–H and O–H groups in total. The van der Waals surface area contributed by atoms with Gasteiger partial charge in [-0.1, -0.05) is 73.2 Å². The van der Waals surface area contributed by atoms with Crippen LogP contribution in [-0.4, -0.2) is 50.5 Å². The first-order valence-electron chi connectivity index (χ1n) is 11.2. The first-order chi connectivity index (χ1) is 16.7. The Morgan fingerprint density at radius 1 is 0.944 bits per heavy atom. The Kier molecular flexibility index (Phi) is 11.2. The van der Waals surface area contributed by atoms with Crippen LogP contribution in [0.15, 0.2) is 36.4 Å². The monoisotopic (exact) mass is 595 g/mol. The van der Waals surface area contributed by atoms with Crippen molar-refractivity contribution in [3.05, 3.63) is 62.1 Å². The second-order valence-corrected chi connectivity index (χ2v) is 12.2. The number of sulfonamides is 1. The third kappa shape index (κ3) is 8.42. The zero-order chi connectivity index (χ0) is 27.2. The Hall–Kier alpha value is -1.71. The normalized spacial score (nSPS) is 12.4. The molecule has 0 spiro atoms. The average Bonchev–Trinajstić information content (AvgIpc) is 2.79. The number of rotatable bonds is 11. The van der Waals surface area contributed by atoms with E-state index in [1.807, 2.05) is 13.8 Å². The number of hydrogen-bond acceptors (Lipinski definition) is 4. The van der Waals surface area contributed by atoms with E-state index in [9.17, 15) is 18.0 Å².